The van der Waals surface area contributed by atoms with Gasteiger partial charge in [0.2, 0.25) is 11.0 Å². The standard InChI is InChI=1S/C12H11N3OS2/c16-10(6-5-9-2-1-7-17-9)13-12-15-14-11(18-12)8-3-4-8/h1-2,5-8H,3-4H2,(H,13,15,16). The molecule has 2 aromatic heterocycles. The molecule has 6 heteroatoms. The third-order valence-corrected chi connectivity index (χ3v) is 4.38. The van der Waals surface area contributed by atoms with Gasteiger partial charge in [-0.25, -0.2) is 0 Å². The lowest BCUT2D eigenvalue weighted by molar-refractivity contribution is -0.111. The normalized spacial score (nSPS) is 15.1. The van der Waals surface area contributed by atoms with Crippen molar-refractivity contribution in [3.63, 3.8) is 0 Å². The highest BCUT2D eigenvalue weighted by molar-refractivity contribution is 7.15. The Balaban J connectivity index is 1.59. The van der Waals surface area contributed by atoms with Crippen LogP contribution in [-0.2, 0) is 4.79 Å². The predicted molar refractivity (Wildman–Crippen MR) is 73.9 cm³/mol. The number of rotatable bonds is 4. The van der Waals surface area contributed by atoms with Crippen molar-refractivity contribution in [1.29, 1.82) is 0 Å². The summed E-state index contributed by atoms with van der Waals surface area (Å²) in [6.45, 7) is 0. The summed E-state index contributed by atoms with van der Waals surface area (Å²) < 4.78 is 0. The van der Waals surface area contributed by atoms with Crippen molar-refractivity contribution < 1.29 is 4.79 Å². The predicted octanol–water partition coefficient (Wildman–Crippen LogP) is 3.13. The molecular weight excluding hydrogens is 266 g/mol. The maximum Gasteiger partial charge on any atom is 0.250 e. The molecule has 0 spiro atoms. The van der Waals surface area contributed by atoms with Gasteiger partial charge in [0.05, 0.1) is 0 Å². The van der Waals surface area contributed by atoms with Gasteiger partial charge in [0, 0.05) is 16.9 Å². The van der Waals surface area contributed by atoms with Gasteiger partial charge >= 0.3 is 0 Å². The Morgan fingerprint density at radius 1 is 1.44 bits per heavy atom. The van der Waals surface area contributed by atoms with Crippen LogP contribution in [0.4, 0.5) is 5.13 Å². The second kappa shape index (κ2) is 4.99. The van der Waals surface area contributed by atoms with Crippen molar-refractivity contribution in [2.24, 2.45) is 0 Å². The van der Waals surface area contributed by atoms with E-state index < -0.39 is 0 Å². The van der Waals surface area contributed by atoms with Gasteiger partial charge in [-0.1, -0.05) is 17.4 Å². The van der Waals surface area contributed by atoms with Crippen LogP contribution in [0.15, 0.2) is 23.6 Å². The van der Waals surface area contributed by atoms with E-state index >= 15 is 0 Å². The highest BCUT2D eigenvalue weighted by Crippen LogP contribution is 2.41. The summed E-state index contributed by atoms with van der Waals surface area (Å²) in [6.07, 6.45) is 5.70. The molecule has 1 amide bonds. The van der Waals surface area contributed by atoms with Crippen molar-refractivity contribution in [2.75, 3.05) is 5.32 Å². The zero-order valence-corrected chi connectivity index (χ0v) is 11.1. The van der Waals surface area contributed by atoms with Crippen LogP contribution in [0.2, 0.25) is 0 Å². The van der Waals surface area contributed by atoms with Crippen LogP contribution in [0, 0.1) is 0 Å². The maximum atomic E-state index is 11.6. The Labute approximate surface area is 112 Å². The molecular formula is C12H11N3OS2. The SMILES string of the molecule is O=C(C=Cc1cccs1)Nc1nnc(C2CC2)s1. The molecule has 92 valence electrons. The number of nitrogens with one attached hydrogen (secondary N) is 1. The molecule has 0 radical (unpaired) electrons. The zero-order chi connectivity index (χ0) is 12.4. The zero-order valence-electron chi connectivity index (χ0n) is 9.50. The molecule has 0 aliphatic heterocycles. The molecule has 0 unspecified atom stereocenters. The summed E-state index contributed by atoms with van der Waals surface area (Å²) in [5.74, 6) is 0.414. The maximum absolute atomic E-state index is 11.6. The highest BCUT2D eigenvalue weighted by Gasteiger charge is 2.27. The van der Waals surface area contributed by atoms with Gasteiger partial charge in [0.25, 0.3) is 0 Å². The van der Waals surface area contributed by atoms with E-state index in [4.69, 9.17) is 0 Å². The minimum atomic E-state index is -0.165. The van der Waals surface area contributed by atoms with Crippen molar-refractivity contribution in [3.05, 3.63) is 33.5 Å². The first-order chi connectivity index (χ1) is 8.81. The van der Waals surface area contributed by atoms with Gasteiger partial charge < -0.3 is 0 Å². The summed E-state index contributed by atoms with van der Waals surface area (Å²) in [5.41, 5.74) is 0. The van der Waals surface area contributed by atoms with Crippen LogP contribution in [0.1, 0.15) is 28.6 Å². The minimum absolute atomic E-state index is 0.165. The molecule has 18 heavy (non-hydrogen) atoms. The summed E-state index contributed by atoms with van der Waals surface area (Å²) in [7, 11) is 0. The van der Waals surface area contributed by atoms with E-state index in [1.54, 1.807) is 17.4 Å². The molecule has 0 saturated heterocycles. The molecule has 1 saturated carbocycles. The fourth-order valence-corrected chi connectivity index (χ4v) is 3.00. The molecule has 1 aliphatic carbocycles. The van der Waals surface area contributed by atoms with Crippen LogP contribution < -0.4 is 5.32 Å². The Hall–Kier alpha value is -1.53. The van der Waals surface area contributed by atoms with Crippen molar-refractivity contribution in [3.8, 4) is 0 Å². The van der Waals surface area contributed by atoms with Gasteiger partial charge in [-0.2, -0.15) is 0 Å². The number of hydrogen-bond donors (Lipinski definition) is 1. The number of amides is 1. The average molecular weight is 277 g/mol. The van der Waals surface area contributed by atoms with Crippen LogP contribution in [0.3, 0.4) is 0 Å². The van der Waals surface area contributed by atoms with Gasteiger partial charge in [-0.3, -0.25) is 10.1 Å². The number of anilines is 1. The molecule has 1 N–H and O–H groups in total. The summed E-state index contributed by atoms with van der Waals surface area (Å²) >= 11 is 3.07. The van der Waals surface area contributed by atoms with Crippen LogP contribution in [0.5, 0.6) is 0 Å². The first-order valence-electron chi connectivity index (χ1n) is 5.67. The van der Waals surface area contributed by atoms with E-state index in [1.807, 2.05) is 17.5 Å². The number of carbonyl (C=O) groups excluding carboxylic acids is 1. The fourth-order valence-electron chi connectivity index (χ4n) is 1.47. The minimum Gasteiger partial charge on any atom is -0.297 e. The van der Waals surface area contributed by atoms with E-state index in [9.17, 15) is 4.79 Å². The van der Waals surface area contributed by atoms with Gasteiger partial charge in [-0.15, -0.1) is 21.5 Å². The lowest BCUT2D eigenvalue weighted by atomic mass is 10.4. The first kappa shape index (κ1) is 11.6. The molecule has 1 aliphatic rings. The number of carbonyl (C=O) groups is 1. The van der Waals surface area contributed by atoms with Crippen molar-refractivity contribution in [2.45, 2.75) is 18.8 Å². The van der Waals surface area contributed by atoms with Crippen LogP contribution in [0.25, 0.3) is 6.08 Å². The van der Waals surface area contributed by atoms with E-state index in [0.29, 0.717) is 11.0 Å². The molecule has 0 aromatic carbocycles. The summed E-state index contributed by atoms with van der Waals surface area (Å²) in [4.78, 5) is 12.7. The third-order valence-electron chi connectivity index (χ3n) is 2.54. The Morgan fingerprint density at radius 2 is 2.33 bits per heavy atom. The molecule has 3 rings (SSSR count). The average Bonchev–Trinajstić information content (AvgIpc) is 2.90. The number of nitrogens with zero attached hydrogens (tertiary/aromatic N) is 2. The second-order valence-corrected chi connectivity index (χ2v) is 6.05. The van der Waals surface area contributed by atoms with Crippen molar-refractivity contribution in [1.82, 2.24) is 10.2 Å². The highest BCUT2D eigenvalue weighted by atomic mass is 32.1. The molecule has 2 heterocycles. The third kappa shape index (κ3) is 2.83. The van der Waals surface area contributed by atoms with E-state index in [0.717, 1.165) is 9.88 Å². The van der Waals surface area contributed by atoms with E-state index in [1.165, 1.54) is 30.3 Å². The van der Waals surface area contributed by atoms with Gasteiger partial charge in [-0.05, 0) is 30.4 Å². The van der Waals surface area contributed by atoms with Crippen LogP contribution >= 0.6 is 22.7 Å². The van der Waals surface area contributed by atoms with E-state index in [-0.39, 0.29) is 5.91 Å². The largest absolute Gasteiger partial charge is 0.297 e. The Kier molecular flexibility index (Phi) is 3.21. The summed E-state index contributed by atoms with van der Waals surface area (Å²) in [5, 5.41) is 14.4. The van der Waals surface area contributed by atoms with Crippen molar-refractivity contribution >= 4 is 39.8 Å². The smallest absolute Gasteiger partial charge is 0.250 e. The van der Waals surface area contributed by atoms with Crippen LogP contribution in [-0.4, -0.2) is 16.1 Å². The lowest BCUT2D eigenvalue weighted by Gasteiger charge is -1.93. The molecule has 2 aromatic rings. The summed E-state index contributed by atoms with van der Waals surface area (Å²) in [6, 6.07) is 3.92. The molecule has 0 atom stereocenters. The molecule has 1 fully saturated rings. The second-order valence-electron chi connectivity index (χ2n) is 4.06. The monoisotopic (exact) mass is 277 g/mol. The number of thiophene rings is 1. The van der Waals surface area contributed by atoms with Gasteiger partial charge in [0.15, 0.2) is 0 Å². The Bertz CT molecular complexity index is 570. The number of aromatic nitrogens is 2. The fraction of sp³-hybridized carbons (Fsp3) is 0.250. The molecule has 0 bridgehead atoms. The number of hydrogen-bond acceptors (Lipinski definition) is 5. The topological polar surface area (TPSA) is 54.9 Å². The first-order valence-corrected chi connectivity index (χ1v) is 7.37. The van der Waals surface area contributed by atoms with E-state index in [2.05, 4.69) is 15.5 Å². The lowest BCUT2D eigenvalue weighted by Crippen LogP contribution is -2.07. The van der Waals surface area contributed by atoms with Gasteiger partial charge in [0.1, 0.15) is 5.01 Å². The Morgan fingerprint density at radius 3 is 3.06 bits per heavy atom. The molecule has 4 nitrogen and oxygen atoms in total. The quantitative estimate of drug-likeness (QED) is 0.874.